The van der Waals surface area contributed by atoms with Gasteiger partial charge in [0.1, 0.15) is 0 Å². The second-order valence-corrected chi connectivity index (χ2v) is 5.33. The number of hydrogen-bond donors (Lipinski definition) is 2. The number of hydrogen-bond acceptors (Lipinski definition) is 3. The number of carbonyl (C=O) groups excluding carboxylic acids is 1. The summed E-state index contributed by atoms with van der Waals surface area (Å²) in [4.78, 5) is 11.5. The van der Waals surface area contributed by atoms with Crippen molar-refractivity contribution in [1.29, 1.82) is 0 Å². The second-order valence-electron chi connectivity index (χ2n) is 4.18. The summed E-state index contributed by atoms with van der Waals surface area (Å²) in [5.74, 6) is 3.27. The summed E-state index contributed by atoms with van der Waals surface area (Å²) < 4.78 is 0. The third-order valence-corrected chi connectivity index (χ3v) is 3.85. The van der Waals surface area contributed by atoms with Crippen LogP contribution in [0.2, 0.25) is 0 Å². The van der Waals surface area contributed by atoms with Crippen molar-refractivity contribution in [2.75, 3.05) is 24.6 Å². The Kier molecular flexibility index (Phi) is 5.79. The molecule has 0 radical (unpaired) electrons. The topological polar surface area (TPSA) is 41.1 Å². The molecule has 0 aromatic rings. The van der Waals surface area contributed by atoms with Gasteiger partial charge in [0, 0.05) is 37.1 Å². The molecule has 2 fully saturated rings. The van der Waals surface area contributed by atoms with Crippen LogP contribution in [0.4, 0.5) is 0 Å². The first kappa shape index (κ1) is 13.1. The molecule has 0 aromatic carbocycles. The average molecular weight is 251 g/mol. The molecule has 1 amide bonds. The Morgan fingerprint density at radius 1 is 1.47 bits per heavy atom. The van der Waals surface area contributed by atoms with Crippen LogP contribution in [0.3, 0.4) is 0 Å². The molecule has 2 N–H and O–H groups in total. The lowest BCUT2D eigenvalue weighted by Crippen LogP contribution is -2.41. The van der Waals surface area contributed by atoms with E-state index in [2.05, 4.69) is 10.6 Å². The normalized spacial score (nSPS) is 25.5. The highest BCUT2D eigenvalue weighted by atomic mass is 35.5. The third-order valence-electron chi connectivity index (χ3n) is 2.72. The molecule has 2 aliphatic rings. The summed E-state index contributed by atoms with van der Waals surface area (Å²) in [5.41, 5.74) is 0. The molecule has 2 rings (SSSR count). The van der Waals surface area contributed by atoms with E-state index >= 15 is 0 Å². The molecule has 0 spiro atoms. The zero-order valence-electron chi connectivity index (χ0n) is 8.83. The molecule has 1 saturated carbocycles. The maximum Gasteiger partial charge on any atom is 0.221 e. The Labute approximate surface area is 102 Å². The van der Waals surface area contributed by atoms with Crippen LogP contribution in [0, 0.1) is 5.92 Å². The zero-order valence-corrected chi connectivity index (χ0v) is 10.5. The second kappa shape index (κ2) is 6.61. The summed E-state index contributed by atoms with van der Waals surface area (Å²) >= 11 is 1.94. The van der Waals surface area contributed by atoms with Gasteiger partial charge < -0.3 is 10.6 Å². The van der Waals surface area contributed by atoms with Crippen LogP contribution in [-0.4, -0.2) is 36.5 Å². The van der Waals surface area contributed by atoms with Gasteiger partial charge in [0.2, 0.25) is 5.91 Å². The van der Waals surface area contributed by atoms with Crippen LogP contribution in [-0.2, 0) is 4.79 Å². The van der Waals surface area contributed by atoms with Crippen molar-refractivity contribution >= 4 is 30.1 Å². The van der Waals surface area contributed by atoms with E-state index < -0.39 is 0 Å². The van der Waals surface area contributed by atoms with Crippen LogP contribution < -0.4 is 10.6 Å². The summed E-state index contributed by atoms with van der Waals surface area (Å²) in [6, 6.07) is 0.396. The lowest BCUT2D eigenvalue weighted by molar-refractivity contribution is -0.121. The van der Waals surface area contributed by atoms with Gasteiger partial charge in [-0.2, -0.15) is 11.8 Å². The fourth-order valence-electron chi connectivity index (χ4n) is 1.63. The Bertz CT molecular complexity index is 206. The zero-order chi connectivity index (χ0) is 9.80. The predicted molar refractivity (Wildman–Crippen MR) is 66.7 cm³/mol. The van der Waals surface area contributed by atoms with Crippen molar-refractivity contribution in [2.45, 2.75) is 25.3 Å². The third kappa shape index (κ3) is 5.09. The van der Waals surface area contributed by atoms with Crippen molar-refractivity contribution in [3.8, 4) is 0 Å². The summed E-state index contributed by atoms with van der Waals surface area (Å²) in [6.07, 6.45) is 3.26. The Morgan fingerprint density at radius 3 is 2.87 bits per heavy atom. The van der Waals surface area contributed by atoms with E-state index in [1.54, 1.807) is 0 Å². The molecule has 15 heavy (non-hydrogen) atoms. The van der Waals surface area contributed by atoms with Gasteiger partial charge in [-0.25, -0.2) is 0 Å². The maximum absolute atomic E-state index is 11.5. The van der Waals surface area contributed by atoms with Crippen LogP contribution in [0.15, 0.2) is 0 Å². The first-order valence-electron chi connectivity index (χ1n) is 5.42. The molecule has 0 aromatic heterocycles. The van der Waals surface area contributed by atoms with Crippen molar-refractivity contribution in [2.24, 2.45) is 5.92 Å². The van der Waals surface area contributed by atoms with Gasteiger partial charge in [0.25, 0.3) is 0 Å². The fourth-order valence-corrected chi connectivity index (χ4v) is 2.58. The highest BCUT2D eigenvalue weighted by Crippen LogP contribution is 2.27. The lowest BCUT2D eigenvalue weighted by Gasteiger charge is -2.22. The quantitative estimate of drug-likeness (QED) is 0.783. The number of thioether (sulfide) groups is 1. The molecule has 5 heteroatoms. The molecule has 3 nitrogen and oxygen atoms in total. The van der Waals surface area contributed by atoms with Crippen LogP contribution >= 0.6 is 24.2 Å². The number of halogens is 1. The maximum atomic E-state index is 11.5. The summed E-state index contributed by atoms with van der Waals surface area (Å²) in [5, 5.41) is 6.38. The van der Waals surface area contributed by atoms with Gasteiger partial charge in [-0.05, 0) is 18.8 Å². The van der Waals surface area contributed by atoms with Gasteiger partial charge in [0.05, 0.1) is 0 Å². The van der Waals surface area contributed by atoms with E-state index in [1.165, 1.54) is 18.6 Å². The van der Waals surface area contributed by atoms with E-state index in [4.69, 9.17) is 0 Å². The summed E-state index contributed by atoms with van der Waals surface area (Å²) in [7, 11) is 0. The Hall–Kier alpha value is 0.0700. The van der Waals surface area contributed by atoms with Gasteiger partial charge >= 0.3 is 0 Å². The summed E-state index contributed by atoms with van der Waals surface area (Å²) in [6.45, 7) is 1.95. The number of nitrogens with one attached hydrogen (secondary N) is 2. The van der Waals surface area contributed by atoms with E-state index in [-0.39, 0.29) is 18.3 Å². The molecule has 0 bridgehead atoms. The molecular weight excluding hydrogens is 232 g/mol. The fraction of sp³-hybridized carbons (Fsp3) is 0.900. The molecule has 1 atom stereocenters. The molecule has 1 aliphatic carbocycles. The smallest absolute Gasteiger partial charge is 0.221 e. The van der Waals surface area contributed by atoms with Crippen molar-refractivity contribution in [1.82, 2.24) is 10.6 Å². The molecule has 1 heterocycles. The number of carbonyl (C=O) groups is 1. The Morgan fingerprint density at radius 2 is 2.27 bits per heavy atom. The van der Waals surface area contributed by atoms with Gasteiger partial charge in [-0.15, -0.1) is 12.4 Å². The Balaban J connectivity index is 0.00000112. The molecule has 88 valence electrons. The van der Waals surface area contributed by atoms with Crippen LogP contribution in [0.1, 0.15) is 19.3 Å². The van der Waals surface area contributed by atoms with E-state index in [1.807, 2.05) is 11.8 Å². The minimum atomic E-state index is 0. The first-order valence-corrected chi connectivity index (χ1v) is 6.58. The largest absolute Gasteiger partial charge is 0.356 e. The molecule has 1 aliphatic heterocycles. The number of rotatable bonds is 4. The van der Waals surface area contributed by atoms with Crippen molar-refractivity contribution in [3.63, 3.8) is 0 Å². The standard InChI is InChI=1S/C10H18N2OS.ClH/c13-10(12-6-8-1-2-8)5-9-7-14-4-3-11-9;/h8-9,11H,1-7H2,(H,12,13);1H. The SMILES string of the molecule is Cl.O=C(CC1CSCCN1)NCC1CC1. The minimum Gasteiger partial charge on any atom is -0.356 e. The van der Waals surface area contributed by atoms with E-state index in [9.17, 15) is 4.79 Å². The highest BCUT2D eigenvalue weighted by Gasteiger charge is 2.22. The number of amides is 1. The van der Waals surface area contributed by atoms with Gasteiger partial charge in [-0.3, -0.25) is 4.79 Å². The molecule has 1 unspecified atom stereocenters. The highest BCUT2D eigenvalue weighted by molar-refractivity contribution is 7.99. The van der Waals surface area contributed by atoms with Crippen LogP contribution in [0.25, 0.3) is 0 Å². The van der Waals surface area contributed by atoms with Gasteiger partial charge in [-0.1, -0.05) is 0 Å². The average Bonchev–Trinajstić information content (AvgIpc) is 3.00. The van der Waals surface area contributed by atoms with Gasteiger partial charge in [0.15, 0.2) is 0 Å². The van der Waals surface area contributed by atoms with Crippen LogP contribution in [0.5, 0.6) is 0 Å². The van der Waals surface area contributed by atoms with Crippen molar-refractivity contribution in [3.05, 3.63) is 0 Å². The predicted octanol–water partition coefficient (Wildman–Crippen LogP) is 1.03. The minimum absolute atomic E-state index is 0. The van der Waals surface area contributed by atoms with E-state index in [0.29, 0.717) is 12.5 Å². The molecular formula is C10H19ClN2OS. The molecule has 1 saturated heterocycles. The first-order chi connectivity index (χ1) is 6.84. The monoisotopic (exact) mass is 250 g/mol. The van der Waals surface area contributed by atoms with E-state index in [0.717, 1.165) is 24.8 Å². The van der Waals surface area contributed by atoms with Crippen molar-refractivity contribution < 1.29 is 4.79 Å². The lowest BCUT2D eigenvalue weighted by atomic mass is 10.2.